The highest BCUT2D eigenvalue weighted by molar-refractivity contribution is 8.13. The lowest BCUT2D eigenvalue weighted by molar-refractivity contribution is -0.144. The van der Waals surface area contributed by atoms with Crippen LogP contribution in [0.15, 0.2) is 53.4 Å². The third-order valence-electron chi connectivity index (χ3n) is 3.94. The molecule has 10 heteroatoms. The van der Waals surface area contributed by atoms with Crippen molar-refractivity contribution in [3.8, 4) is 22.4 Å². The molecule has 0 saturated carbocycles. The Labute approximate surface area is 163 Å². The van der Waals surface area contributed by atoms with Crippen LogP contribution in [-0.4, -0.2) is 18.4 Å². The van der Waals surface area contributed by atoms with Crippen molar-refractivity contribution in [3.63, 3.8) is 0 Å². The van der Waals surface area contributed by atoms with E-state index in [0.29, 0.717) is 11.1 Å². The second kappa shape index (κ2) is 7.06. The van der Waals surface area contributed by atoms with Gasteiger partial charge in [-0.2, -0.15) is 13.2 Å². The number of hydrogen-bond acceptors (Lipinski definition) is 5. The summed E-state index contributed by atoms with van der Waals surface area (Å²) < 4.78 is 62.4. The highest BCUT2D eigenvalue weighted by Crippen LogP contribution is 2.38. The van der Waals surface area contributed by atoms with E-state index >= 15 is 0 Å². The second-order valence-electron chi connectivity index (χ2n) is 5.98. The number of rotatable bonds is 3. The van der Waals surface area contributed by atoms with Gasteiger partial charge in [0.05, 0.1) is 16.2 Å². The molecule has 0 fully saturated rings. The van der Waals surface area contributed by atoms with Crippen LogP contribution in [-0.2, 0) is 15.2 Å². The molecule has 0 unspecified atom stereocenters. The van der Waals surface area contributed by atoms with Gasteiger partial charge in [-0.3, -0.25) is 0 Å². The highest BCUT2D eigenvalue weighted by Gasteiger charge is 2.36. The lowest BCUT2D eigenvalue weighted by atomic mass is 9.99. The Morgan fingerprint density at radius 2 is 1.46 bits per heavy atom. The van der Waals surface area contributed by atoms with Crippen molar-refractivity contribution in [1.29, 1.82) is 0 Å². The molecule has 0 radical (unpaired) electrons. The fourth-order valence-electron chi connectivity index (χ4n) is 2.59. The van der Waals surface area contributed by atoms with Gasteiger partial charge in [-0.1, -0.05) is 42.0 Å². The third kappa shape index (κ3) is 4.10. The number of benzene rings is 2. The van der Waals surface area contributed by atoms with Crippen LogP contribution in [0.4, 0.5) is 19.0 Å². The van der Waals surface area contributed by atoms with Crippen molar-refractivity contribution in [3.05, 3.63) is 59.9 Å². The largest absolute Gasteiger partial charge is 0.451 e. The minimum Gasteiger partial charge on any atom is -0.383 e. The van der Waals surface area contributed by atoms with E-state index in [1.807, 2.05) is 6.92 Å². The Morgan fingerprint density at radius 1 is 0.929 bits per heavy atom. The van der Waals surface area contributed by atoms with Gasteiger partial charge in [0, 0.05) is 16.2 Å². The number of hydrogen-bond donors (Lipinski definition) is 1. The maximum atomic E-state index is 13.2. The molecule has 2 aromatic carbocycles. The molecule has 5 nitrogen and oxygen atoms in total. The molecule has 0 saturated heterocycles. The Kier molecular flexibility index (Phi) is 5.07. The van der Waals surface area contributed by atoms with Gasteiger partial charge in [-0.05, 0) is 24.6 Å². The summed E-state index contributed by atoms with van der Waals surface area (Å²) >= 11 is 0. The Hall–Kier alpha value is -2.65. The minimum atomic E-state index is -4.78. The molecule has 0 aliphatic carbocycles. The lowest BCUT2D eigenvalue weighted by Crippen LogP contribution is -2.14. The molecule has 0 bridgehead atoms. The monoisotopic (exact) mass is 427 g/mol. The number of aryl methyl sites for hydroxylation is 1. The van der Waals surface area contributed by atoms with E-state index in [9.17, 15) is 21.6 Å². The summed E-state index contributed by atoms with van der Waals surface area (Å²) in [6.45, 7) is 1.84. The number of alkyl halides is 3. The number of nitrogens with zero attached hydrogens (tertiary/aromatic N) is 2. The van der Waals surface area contributed by atoms with Gasteiger partial charge in [0.2, 0.25) is 5.82 Å². The maximum Gasteiger partial charge on any atom is 0.451 e. The van der Waals surface area contributed by atoms with E-state index in [4.69, 9.17) is 16.4 Å². The van der Waals surface area contributed by atoms with Gasteiger partial charge in [-0.15, -0.1) is 0 Å². The maximum absolute atomic E-state index is 13.2. The van der Waals surface area contributed by atoms with E-state index < -0.39 is 21.1 Å². The van der Waals surface area contributed by atoms with Crippen LogP contribution >= 0.6 is 10.7 Å². The molecular formula is C18H13ClF3N3O2S. The molecule has 0 spiro atoms. The third-order valence-corrected chi connectivity index (χ3v) is 5.31. The molecule has 1 heterocycles. The number of halogens is 4. The standard InChI is InChI=1S/C18H13ClF3N3O2S/c1-10-2-4-12(5-3-10)15-14(16(23)25-17(24-15)18(20,21)22)11-6-8-13(9-7-11)28(19,26)27/h2-9H,1H3,(H2,23,24,25). The number of nitrogen functional groups attached to an aromatic ring is 1. The van der Waals surface area contributed by atoms with Crippen LogP contribution in [0.25, 0.3) is 22.4 Å². The van der Waals surface area contributed by atoms with Crippen LogP contribution in [0.2, 0.25) is 0 Å². The Morgan fingerprint density at radius 3 is 1.96 bits per heavy atom. The minimum absolute atomic E-state index is 0.0127. The van der Waals surface area contributed by atoms with Gasteiger partial charge in [0.15, 0.2) is 0 Å². The fraction of sp³-hybridized carbons (Fsp3) is 0.111. The van der Waals surface area contributed by atoms with Crippen molar-refractivity contribution in [1.82, 2.24) is 9.97 Å². The van der Waals surface area contributed by atoms with Crippen molar-refractivity contribution in [2.75, 3.05) is 5.73 Å². The number of aromatic nitrogens is 2. The quantitative estimate of drug-likeness (QED) is 0.615. The highest BCUT2D eigenvalue weighted by atomic mass is 35.7. The first-order valence-electron chi connectivity index (χ1n) is 7.83. The zero-order valence-electron chi connectivity index (χ0n) is 14.3. The Balaban J connectivity index is 2.26. The zero-order valence-corrected chi connectivity index (χ0v) is 15.9. The zero-order chi connectivity index (χ0) is 20.7. The first-order chi connectivity index (χ1) is 13.0. The molecule has 0 aliphatic heterocycles. The SMILES string of the molecule is Cc1ccc(-c2nc(C(F)(F)F)nc(N)c2-c2ccc(S(=O)(=O)Cl)cc2)cc1. The van der Waals surface area contributed by atoms with Crippen molar-refractivity contribution >= 4 is 25.6 Å². The molecule has 28 heavy (non-hydrogen) atoms. The van der Waals surface area contributed by atoms with Gasteiger partial charge in [0.1, 0.15) is 5.82 Å². The van der Waals surface area contributed by atoms with E-state index in [0.717, 1.165) is 5.56 Å². The van der Waals surface area contributed by atoms with Crippen molar-refractivity contribution in [2.45, 2.75) is 18.0 Å². The molecule has 3 aromatic rings. The number of anilines is 1. The molecule has 3 rings (SSSR count). The van der Waals surface area contributed by atoms with E-state index in [1.54, 1.807) is 24.3 Å². The van der Waals surface area contributed by atoms with Gasteiger partial charge < -0.3 is 5.73 Å². The molecule has 0 atom stereocenters. The number of nitrogens with two attached hydrogens (primary N) is 1. The summed E-state index contributed by atoms with van der Waals surface area (Å²) in [6, 6.07) is 11.9. The van der Waals surface area contributed by atoms with E-state index in [2.05, 4.69) is 9.97 Å². The van der Waals surface area contributed by atoms with Crippen LogP contribution < -0.4 is 5.73 Å². The first-order valence-corrected chi connectivity index (χ1v) is 10.1. The second-order valence-corrected chi connectivity index (χ2v) is 8.55. The molecule has 146 valence electrons. The molecule has 0 aliphatic rings. The summed E-state index contributed by atoms with van der Waals surface area (Å²) in [7, 11) is 1.35. The molecular weight excluding hydrogens is 415 g/mol. The molecule has 1 aromatic heterocycles. The average molecular weight is 428 g/mol. The first kappa shape index (κ1) is 20.1. The fourth-order valence-corrected chi connectivity index (χ4v) is 3.36. The normalized spacial score (nSPS) is 12.2. The van der Waals surface area contributed by atoms with Gasteiger partial charge >= 0.3 is 6.18 Å². The van der Waals surface area contributed by atoms with Crippen molar-refractivity contribution in [2.24, 2.45) is 0 Å². The molecule has 2 N–H and O–H groups in total. The summed E-state index contributed by atoms with van der Waals surface area (Å²) in [5, 5.41) is 0. The van der Waals surface area contributed by atoms with E-state index in [-0.39, 0.29) is 22.0 Å². The van der Waals surface area contributed by atoms with Crippen LogP contribution in [0.3, 0.4) is 0 Å². The Bertz CT molecular complexity index is 1130. The van der Waals surface area contributed by atoms with Crippen molar-refractivity contribution < 1.29 is 21.6 Å². The van der Waals surface area contributed by atoms with Crippen LogP contribution in [0.1, 0.15) is 11.4 Å². The predicted octanol–water partition coefficient (Wildman–Crippen LogP) is 4.65. The van der Waals surface area contributed by atoms with Crippen LogP contribution in [0, 0.1) is 6.92 Å². The summed E-state index contributed by atoms with van der Waals surface area (Å²) in [5.41, 5.74) is 7.68. The summed E-state index contributed by atoms with van der Waals surface area (Å²) in [5.74, 6) is -1.73. The predicted molar refractivity (Wildman–Crippen MR) is 100 cm³/mol. The van der Waals surface area contributed by atoms with E-state index in [1.165, 1.54) is 24.3 Å². The average Bonchev–Trinajstić information content (AvgIpc) is 2.60. The summed E-state index contributed by atoms with van der Waals surface area (Å²) in [6.07, 6.45) is -4.78. The molecule has 0 amide bonds. The van der Waals surface area contributed by atoms with Crippen LogP contribution in [0.5, 0.6) is 0 Å². The van der Waals surface area contributed by atoms with Gasteiger partial charge in [-0.25, -0.2) is 18.4 Å². The summed E-state index contributed by atoms with van der Waals surface area (Å²) in [4.78, 5) is 6.93. The topological polar surface area (TPSA) is 85.9 Å². The smallest absolute Gasteiger partial charge is 0.383 e. The van der Waals surface area contributed by atoms with Gasteiger partial charge in [0.25, 0.3) is 9.05 Å². The lowest BCUT2D eigenvalue weighted by Gasteiger charge is -2.15.